The Morgan fingerprint density at radius 3 is 2.50 bits per heavy atom. The third-order valence-corrected chi connectivity index (χ3v) is 5.48. The lowest BCUT2D eigenvalue weighted by Crippen LogP contribution is -2.49. The number of halogens is 1. The van der Waals surface area contributed by atoms with Crippen LogP contribution in [-0.2, 0) is 13.0 Å². The van der Waals surface area contributed by atoms with E-state index in [4.69, 9.17) is 16.7 Å². The standard InChI is InChI=1S/C17H22ClN3O.CH4O/c1-16(2)8-7-14(9-13-3-5-15(18)6-4-13)17(16,22)10-21-12-19-11-20-21;1-2/h3-6,11-12,14,22H,7-10H2,1-2H3;2H,1H3. The molecule has 1 aromatic heterocycles. The van der Waals surface area contributed by atoms with Gasteiger partial charge in [0.15, 0.2) is 0 Å². The van der Waals surface area contributed by atoms with Gasteiger partial charge in [-0.3, -0.25) is 4.68 Å². The summed E-state index contributed by atoms with van der Waals surface area (Å²) in [5.74, 6) is 0.202. The maximum absolute atomic E-state index is 11.5. The summed E-state index contributed by atoms with van der Waals surface area (Å²) in [7, 11) is 1.00. The summed E-state index contributed by atoms with van der Waals surface area (Å²) in [6, 6.07) is 7.91. The highest BCUT2D eigenvalue weighted by molar-refractivity contribution is 6.30. The predicted molar refractivity (Wildman–Crippen MR) is 94.8 cm³/mol. The quantitative estimate of drug-likeness (QED) is 0.888. The van der Waals surface area contributed by atoms with Gasteiger partial charge in [-0.1, -0.05) is 37.6 Å². The van der Waals surface area contributed by atoms with E-state index in [2.05, 4.69) is 23.9 Å². The molecule has 5 nitrogen and oxygen atoms in total. The zero-order chi connectivity index (χ0) is 17.8. The molecule has 132 valence electrons. The number of nitrogens with zero attached hydrogens (tertiary/aromatic N) is 3. The fraction of sp³-hybridized carbons (Fsp3) is 0.556. The number of aliphatic hydroxyl groups is 2. The van der Waals surface area contributed by atoms with Crippen LogP contribution in [0.15, 0.2) is 36.9 Å². The van der Waals surface area contributed by atoms with Gasteiger partial charge in [0.2, 0.25) is 0 Å². The van der Waals surface area contributed by atoms with E-state index in [-0.39, 0.29) is 11.3 Å². The Hall–Kier alpha value is -1.43. The van der Waals surface area contributed by atoms with Gasteiger partial charge in [0.1, 0.15) is 12.7 Å². The molecule has 2 atom stereocenters. The molecule has 0 saturated heterocycles. The van der Waals surface area contributed by atoms with Crippen molar-refractivity contribution in [2.75, 3.05) is 7.11 Å². The Morgan fingerprint density at radius 2 is 1.92 bits per heavy atom. The average Bonchev–Trinajstić information content (AvgIpc) is 3.14. The maximum atomic E-state index is 11.5. The van der Waals surface area contributed by atoms with Gasteiger partial charge < -0.3 is 10.2 Å². The Kier molecular flexibility index (Phi) is 6.01. The second-order valence-electron chi connectivity index (χ2n) is 6.97. The molecule has 1 heterocycles. The fourth-order valence-corrected chi connectivity index (χ4v) is 3.75. The second kappa shape index (κ2) is 7.64. The summed E-state index contributed by atoms with van der Waals surface area (Å²) in [5, 5.41) is 23.4. The summed E-state index contributed by atoms with van der Waals surface area (Å²) in [4.78, 5) is 3.99. The smallest absolute Gasteiger partial charge is 0.137 e. The van der Waals surface area contributed by atoms with Gasteiger partial charge in [0.05, 0.1) is 12.1 Å². The summed E-state index contributed by atoms with van der Waals surface area (Å²) in [6.45, 7) is 4.77. The number of rotatable bonds is 4. The number of aromatic nitrogens is 3. The van der Waals surface area contributed by atoms with Crippen molar-refractivity contribution >= 4 is 11.6 Å². The molecule has 0 bridgehead atoms. The first-order valence-corrected chi connectivity index (χ1v) is 8.52. The fourth-order valence-electron chi connectivity index (χ4n) is 3.62. The maximum Gasteiger partial charge on any atom is 0.137 e. The largest absolute Gasteiger partial charge is 0.400 e. The van der Waals surface area contributed by atoms with Crippen molar-refractivity contribution in [2.45, 2.75) is 45.3 Å². The van der Waals surface area contributed by atoms with E-state index < -0.39 is 5.60 Å². The van der Waals surface area contributed by atoms with Gasteiger partial charge in [-0.15, -0.1) is 0 Å². The zero-order valence-electron chi connectivity index (χ0n) is 14.5. The predicted octanol–water partition coefficient (Wildman–Crippen LogP) is 2.95. The molecule has 1 saturated carbocycles. The minimum Gasteiger partial charge on any atom is -0.400 e. The van der Waals surface area contributed by atoms with Crippen LogP contribution in [0, 0.1) is 11.3 Å². The normalized spacial score (nSPS) is 25.2. The Labute approximate surface area is 148 Å². The van der Waals surface area contributed by atoms with Gasteiger partial charge in [-0.25, -0.2) is 4.98 Å². The van der Waals surface area contributed by atoms with Crippen LogP contribution in [0.25, 0.3) is 0 Å². The molecule has 2 unspecified atom stereocenters. The third kappa shape index (κ3) is 3.79. The van der Waals surface area contributed by atoms with Gasteiger partial charge in [-0.05, 0) is 48.3 Å². The molecular weight excluding hydrogens is 326 g/mol. The first-order chi connectivity index (χ1) is 11.4. The van der Waals surface area contributed by atoms with E-state index in [0.717, 1.165) is 31.4 Å². The van der Waals surface area contributed by atoms with Gasteiger partial charge in [-0.2, -0.15) is 5.10 Å². The molecule has 1 aliphatic rings. The lowest BCUT2D eigenvalue weighted by Gasteiger charge is -2.40. The Bertz CT molecular complexity index is 628. The first-order valence-electron chi connectivity index (χ1n) is 8.15. The van der Waals surface area contributed by atoms with E-state index in [1.54, 1.807) is 11.0 Å². The van der Waals surface area contributed by atoms with Crippen LogP contribution in [0.5, 0.6) is 0 Å². The minimum absolute atomic E-state index is 0.143. The van der Waals surface area contributed by atoms with E-state index in [1.165, 1.54) is 11.9 Å². The van der Waals surface area contributed by atoms with Gasteiger partial charge >= 0.3 is 0 Å². The molecule has 0 spiro atoms. The van der Waals surface area contributed by atoms with Crippen LogP contribution >= 0.6 is 11.6 Å². The monoisotopic (exact) mass is 351 g/mol. The molecule has 3 rings (SSSR count). The zero-order valence-corrected chi connectivity index (χ0v) is 15.2. The van der Waals surface area contributed by atoms with Crippen molar-refractivity contribution in [3.05, 3.63) is 47.5 Å². The van der Waals surface area contributed by atoms with Crippen molar-refractivity contribution in [1.82, 2.24) is 14.8 Å². The Morgan fingerprint density at radius 1 is 1.25 bits per heavy atom. The molecule has 2 N–H and O–H groups in total. The van der Waals surface area contributed by atoms with E-state index in [1.807, 2.05) is 24.3 Å². The third-order valence-electron chi connectivity index (χ3n) is 5.23. The highest BCUT2D eigenvalue weighted by atomic mass is 35.5. The second-order valence-corrected chi connectivity index (χ2v) is 7.40. The van der Waals surface area contributed by atoms with Crippen LogP contribution in [0.1, 0.15) is 32.3 Å². The molecule has 24 heavy (non-hydrogen) atoms. The van der Waals surface area contributed by atoms with Crippen LogP contribution in [-0.4, -0.2) is 37.7 Å². The number of hydrogen-bond acceptors (Lipinski definition) is 4. The van der Waals surface area contributed by atoms with Gasteiger partial charge in [0, 0.05) is 12.1 Å². The number of hydrogen-bond donors (Lipinski definition) is 2. The number of benzene rings is 1. The molecule has 0 radical (unpaired) electrons. The lowest BCUT2D eigenvalue weighted by molar-refractivity contribution is -0.0907. The SMILES string of the molecule is CC1(C)CCC(Cc2ccc(Cl)cc2)C1(O)Cn1cncn1.CO. The van der Waals surface area contributed by atoms with Crippen molar-refractivity contribution < 1.29 is 10.2 Å². The van der Waals surface area contributed by atoms with Crippen LogP contribution in [0.3, 0.4) is 0 Å². The topological polar surface area (TPSA) is 71.2 Å². The van der Waals surface area contributed by atoms with Crippen molar-refractivity contribution in [1.29, 1.82) is 0 Å². The van der Waals surface area contributed by atoms with E-state index in [0.29, 0.717) is 6.54 Å². The lowest BCUT2D eigenvalue weighted by atomic mass is 9.72. The number of aliphatic hydroxyl groups excluding tert-OH is 1. The molecule has 2 aromatic rings. The van der Waals surface area contributed by atoms with E-state index in [9.17, 15) is 5.11 Å². The van der Waals surface area contributed by atoms with Crippen molar-refractivity contribution in [3.8, 4) is 0 Å². The Balaban J connectivity index is 0.00000100. The molecule has 0 amide bonds. The summed E-state index contributed by atoms with van der Waals surface area (Å²) < 4.78 is 1.74. The molecule has 1 aliphatic carbocycles. The summed E-state index contributed by atoms with van der Waals surface area (Å²) in [6.07, 6.45) is 6.06. The van der Waals surface area contributed by atoms with Crippen LogP contribution < -0.4 is 0 Å². The summed E-state index contributed by atoms with van der Waals surface area (Å²) in [5.41, 5.74) is 0.278. The molecule has 1 fully saturated rings. The minimum atomic E-state index is -0.791. The molecule has 1 aromatic carbocycles. The molecule has 6 heteroatoms. The molecular formula is C18H26ClN3O2. The summed E-state index contributed by atoms with van der Waals surface area (Å²) >= 11 is 5.96. The first kappa shape index (κ1) is 18.9. The van der Waals surface area contributed by atoms with E-state index >= 15 is 0 Å². The van der Waals surface area contributed by atoms with Gasteiger partial charge in [0.25, 0.3) is 0 Å². The average molecular weight is 352 g/mol. The highest BCUT2D eigenvalue weighted by Crippen LogP contribution is 2.51. The van der Waals surface area contributed by atoms with Crippen LogP contribution in [0.2, 0.25) is 5.02 Å². The van der Waals surface area contributed by atoms with Crippen molar-refractivity contribution in [2.24, 2.45) is 11.3 Å². The molecule has 0 aliphatic heterocycles. The van der Waals surface area contributed by atoms with Crippen LogP contribution in [0.4, 0.5) is 0 Å². The highest BCUT2D eigenvalue weighted by Gasteiger charge is 2.54. The van der Waals surface area contributed by atoms with Crippen molar-refractivity contribution in [3.63, 3.8) is 0 Å².